The molecule has 2 heterocycles. The van der Waals surface area contributed by atoms with E-state index in [0.29, 0.717) is 16.4 Å². The first-order chi connectivity index (χ1) is 15.6. The Morgan fingerprint density at radius 1 is 0.938 bits per heavy atom. The maximum Gasteiger partial charge on any atom is 0.244 e. The van der Waals surface area contributed by atoms with Gasteiger partial charge < -0.3 is 5.32 Å². The number of thioether (sulfide) groups is 1. The fourth-order valence-corrected chi connectivity index (χ4v) is 4.80. The molecule has 0 bridgehead atoms. The molecule has 32 heavy (non-hydrogen) atoms. The SMILES string of the molecule is C[C@H](Sc1nnc(-c2ccccc2)c2ccccc12)C(=O)N1CC(=O)Nc2ccccc21. The maximum absolute atomic E-state index is 13.3. The summed E-state index contributed by atoms with van der Waals surface area (Å²) in [4.78, 5) is 27.0. The zero-order chi connectivity index (χ0) is 22.1. The van der Waals surface area contributed by atoms with E-state index < -0.39 is 5.25 Å². The van der Waals surface area contributed by atoms with Gasteiger partial charge >= 0.3 is 0 Å². The highest BCUT2D eigenvalue weighted by molar-refractivity contribution is 8.00. The average Bonchev–Trinajstić information content (AvgIpc) is 2.83. The number of anilines is 2. The molecule has 0 unspecified atom stereocenters. The van der Waals surface area contributed by atoms with Crippen LogP contribution in [0.2, 0.25) is 0 Å². The van der Waals surface area contributed by atoms with Gasteiger partial charge in [-0.1, -0.05) is 78.5 Å². The Bertz CT molecular complexity index is 1330. The van der Waals surface area contributed by atoms with Crippen LogP contribution in [0.1, 0.15) is 6.92 Å². The number of hydrogen-bond donors (Lipinski definition) is 1. The molecule has 1 atom stereocenters. The van der Waals surface area contributed by atoms with Gasteiger partial charge in [0.15, 0.2) is 0 Å². The zero-order valence-electron chi connectivity index (χ0n) is 17.4. The van der Waals surface area contributed by atoms with Gasteiger partial charge in [-0.2, -0.15) is 0 Å². The molecule has 0 aliphatic carbocycles. The minimum absolute atomic E-state index is 0.000117. The third kappa shape index (κ3) is 3.71. The number of benzene rings is 3. The molecule has 1 aromatic heterocycles. The predicted octanol–water partition coefficient (Wildman–Crippen LogP) is 4.76. The van der Waals surface area contributed by atoms with Crippen LogP contribution < -0.4 is 10.2 Å². The molecule has 5 rings (SSSR count). The molecule has 2 amide bonds. The van der Waals surface area contributed by atoms with Crippen LogP contribution in [0.5, 0.6) is 0 Å². The molecule has 6 nitrogen and oxygen atoms in total. The summed E-state index contributed by atoms with van der Waals surface area (Å²) in [7, 11) is 0. The third-order valence-corrected chi connectivity index (χ3v) is 6.45. The molecule has 0 saturated carbocycles. The van der Waals surface area contributed by atoms with E-state index in [-0.39, 0.29) is 18.4 Å². The largest absolute Gasteiger partial charge is 0.323 e. The van der Waals surface area contributed by atoms with E-state index in [0.717, 1.165) is 22.0 Å². The molecule has 1 aliphatic rings. The molecular weight excluding hydrogens is 420 g/mol. The summed E-state index contributed by atoms with van der Waals surface area (Å²) in [6.07, 6.45) is 0. The molecule has 3 aromatic carbocycles. The highest BCUT2D eigenvalue weighted by Gasteiger charge is 2.30. The quantitative estimate of drug-likeness (QED) is 0.463. The van der Waals surface area contributed by atoms with Gasteiger partial charge in [0.05, 0.1) is 16.6 Å². The lowest BCUT2D eigenvalue weighted by atomic mass is 10.1. The van der Waals surface area contributed by atoms with Crippen LogP contribution in [-0.4, -0.2) is 33.8 Å². The van der Waals surface area contributed by atoms with Crippen molar-refractivity contribution in [2.45, 2.75) is 17.2 Å². The molecule has 0 radical (unpaired) electrons. The number of nitrogens with zero attached hydrogens (tertiary/aromatic N) is 3. The number of amides is 2. The van der Waals surface area contributed by atoms with E-state index in [1.54, 1.807) is 11.0 Å². The lowest BCUT2D eigenvalue weighted by Gasteiger charge is -2.30. The molecule has 0 saturated heterocycles. The summed E-state index contributed by atoms with van der Waals surface area (Å²) in [5.74, 6) is -0.345. The summed E-state index contributed by atoms with van der Waals surface area (Å²) in [5, 5.41) is 14.0. The van der Waals surface area contributed by atoms with Gasteiger partial charge in [-0.15, -0.1) is 10.2 Å². The number of para-hydroxylation sites is 2. The zero-order valence-corrected chi connectivity index (χ0v) is 18.2. The first-order valence-electron chi connectivity index (χ1n) is 10.3. The molecule has 4 aromatic rings. The fourth-order valence-electron chi connectivity index (χ4n) is 3.84. The minimum atomic E-state index is -0.450. The van der Waals surface area contributed by atoms with Crippen molar-refractivity contribution in [1.29, 1.82) is 0 Å². The number of hydrogen-bond acceptors (Lipinski definition) is 5. The smallest absolute Gasteiger partial charge is 0.244 e. The van der Waals surface area contributed by atoms with E-state index in [1.807, 2.05) is 79.7 Å². The van der Waals surface area contributed by atoms with Crippen LogP contribution in [0.15, 0.2) is 83.9 Å². The molecule has 0 spiro atoms. The van der Waals surface area contributed by atoms with Crippen molar-refractivity contribution in [2.75, 3.05) is 16.8 Å². The van der Waals surface area contributed by atoms with Crippen molar-refractivity contribution in [3.05, 3.63) is 78.9 Å². The van der Waals surface area contributed by atoms with Crippen LogP contribution >= 0.6 is 11.8 Å². The number of carbonyl (C=O) groups is 2. The van der Waals surface area contributed by atoms with Gasteiger partial charge in [0, 0.05) is 16.3 Å². The Balaban J connectivity index is 1.47. The molecule has 1 aliphatic heterocycles. The van der Waals surface area contributed by atoms with Gasteiger partial charge in [0.25, 0.3) is 0 Å². The summed E-state index contributed by atoms with van der Waals surface area (Å²) in [6.45, 7) is 1.84. The van der Waals surface area contributed by atoms with Crippen LogP contribution in [0.3, 0.4) is 0 Å². The van der Waals surface area contributed by atoms with Crippen LogP contribution in [0, 0.1) is 0 Å². The minimum Gasteiger partial charge on any atom is -0.323 e. The Labute approximate surface area is 189 Å². The normalized spacial score (nSPS) is 14.0. The summed E-state index contributed by atoms with van der Waals surface area (Å²) in [6, 6.07) is 25.2. The lowest BCUT2D eigenvalue weighted by Crippen LogP contribution is -2.45. The maximum atomic E-state index is 13.3. The second-order valence-corrected chi connectivity index (χ2v) is 8.84. The summed E-state index contributed by atoms with van der Waals surface area (Å²) < 4.78 is 0. The van der Waals surface area contributed by atoms with Gasteiger partial charge in [0.1, 0.15) is 17.3 Å². The van der Waals surface area contributed by atoms with E-state index in [2.05, 4.69) is 15.5 Å². The van der Waals surface area contributed by atoms with Crippen molar-refractivity contribution in [3.8, 4) is 11.3 Å². The van der Waals surface area contributed by atoms with Crippen LogP contribution in [-0.2, 0) is 9.59 Å². The molecule has 7 heteroatoms. The van der Waals surface area contributed by atoms with Crippen molar-refractivity contribution in [1.82, 2.24) is 10.2 Å². The predicted molar refractivity (Wildman–Crippen MR) is 128 cm³/mol. The highest BCUT2D eigenvalue weighted by Crippen LogP contribution is 2.35. The van der Waals surface area contributed by atoms with Crippen molar-refractivity contribution < 1.29 is 9.59 Å². The Morgan fingerprint density at radius 2 is 1.62 bits per heavy atom. The topological polar surface area (TPSA) is 75.2 Å². The standard InChI is InChI=1S/C25H20N4O2S/c1-16(25(31)29-15-22(30)26-20-13-7-8-14-21(20)29)32-24-19-12-6-5-11-18(19)23(27-28-24)17-9-3-2-4-10-17/h2-14,16H,15H2,1H3,(H,26,30)/t16-/m0/s1. The second-order valence-electron chi connectivity index (χ2n) is 7.52. The summed E-state index contributed by atoms with van der Waals surface area (Å²) in [5.41, 5.74) is 3.16. The highest BCUT2D eigenvalue weighted by atomic mass is 32.2. The molecular formula is C25H20N4O2S. The van der Waals surface area contributed by atoms with E-state index in [1.165, 1.54) is 11.8 Å². The number of aromatic nitrogens is 2. The number of fused-ring (bicyclic) bond motifs is 2. The average molecular weight is 441 g/mol. The van der Waals surface area contributed by atoms with Crippen molar-refractivity contribution >= 4 is 45.7 Å². The lowest BCUT2D eigenvalue weighted by molar-refractivity contribution is -0.121. The van der Waals surface area contributed by atoms with E-state index >= 15 is 0 Å². The Hall–Kier alpha value is -3.71. The summed E-state index contributed by atoms with van der Waals surface area (Å²) >= 11 is 1.36. The van der Waals surface area contributed by atoms with E-state index in [4.69, 9.17) is 0 Å². The van der Waals surface area contributed by atoms with E-state index in [9.17, 15) is 9.59 Å². The third-order valence-electron chi connectivity index (χ3n) is 5.37. The van der Waals surface area contributed by atoms with Gasteiger partial charge in [-0.25, -0.2) is 0 Å². The monoisotopic (exact) mass is 440 g/mol. The van der Waals surface area contributed by atoms with Gasteiger partial charge in [-0.3, -0.25) is 14.5 Å². The van der Waals surface area contributed by atoms with Crippen LogP contribution in [0.25, 0.3) is 22.0 Å². The molecule has 0 fully saturated rings. The molecule has 158 valence electrons. The van der Waals surface area contributed by atoms with Crippen LogP contribution in [0.4, 0.5) is 11.4 Å². The fraction of sp³-hybridized carbons (Fsp3) is 0.120. The Kier molecular flexibility index (Phi) is 5.33. The Morgan fingerprint density at radius 3 is 2.44 bits per heavy atom. The second kappa shape index (κ2) is 8.43. The molecule has 1 N–H and O–H groups in total. The number of nitrogens with one attached hydrogen (secondary N) is 1. The number of carbonyl (C=O) groups excluding carboxylic acids is 2. The van der Waals surface area contributed by atoms with Gasteiger partial charge in [0.2, 0.25) is 11.8 Å². The van der Waals surface area contributed by atoms with Crippen molar-refractivity contribution in [2.24, 2.45) is 0 Å². The first kappa shape index (κ1) is 20.2. The van der Waals surface area contributed by atoms with Crippen molar-refractivity contribution in [3.63, 3.8) is 0 Å². The first-order valence-corrected chi connectivity index (χ1v) is 11.2. The number of rotatable bonds is 4. The van der Waals surface area contributed by atoms with Gasteiger partial charge in [-0.05, 0) is 19.1 Å².